The van der Waals surface area contributed by atoms with Crippen molar-refractivity contribution in [3.05, 3.63) is 33.8 Å². The Morgan fingerprint density at radius 1 is 1.53 bits per heavy atom. The normalized spacial score (nSPS) is 23.5. The van der Waals surface area contributed by atoms with Gasteiger partial charge >= 0.3 is 0 Å². The minimum absolute atomic E-state index is 0.0373. The van der Waals surface area contributed by atoms with Gasteiger partial charge in [-0.2, -0.15) is 0 Å². The van der Waals surface area contributed by atoms with E-state index in [1.165, 1.54) is 0 Å². The van der Waals surface area contributed by atoms with Gasteiger partial charge in [0.1, 0.15) is 0 Å². The lowest BCUT2D eigenvalue weighted by molar-refractivity contribution is -0.0371. The lowest BCUT2D eigenvalue weighted by Crippen LogP contribution is -2.51. The molecule has 2 rings (SSSR count). The third-order valence-electron chi connectivity index (χ3n) is 3.23. The van der Waals surface area contributed by atoms with E-state index in [0.29, 0.717) is 24.6 Å². The van der Waals surface area contributed by atoms with Crippen LogP contribution in [0.3, 0.4) is 0 Å². The lowest BCUT2D eigenvalue weighted by Gasteiger charge is -2.37. The van der Waals surface area contributed by atoms with Crippen LogP contribution >= 0.6 is 27.5 Å². The number of halogens is 2. The van der Waals surface area contributed by atoms with E-state index in [1.54, 1.807) is 0 Å². The molecule has 0 aliphatic carbocycles. The van der Waals surface area contributed by atoms with E-state index >= 15 is 0 Å². The summed E-state index contributed by atoms with van der Waals surface area (Å²) in [5.41, 5.74) is 1.77. The SMILES string of the molecule is Cc1cc(Br)cc(C(=O)N2CC(CCl)OCC2C)c1. The topological polar surface area (TPSA) is 29.5 Å². The Balaban J connectivity index is 2.21. The lowest BCUT2D eigenvalue weighted by atomic mass is 10.1. The van der Waals surface area contributed by atoms with Gasteiger partial charge in [-0.15, -0.1) is 11.6 Å². The van der Waals surface area contributed by atoms with E-state index in [4.69, 9.17) is 16.3 Å². The molecule has 1 aliphatic heterocycles. The van der Waals surface area contributed by atoms with Crippen molar-refractivity contribution < 1.29 is 9.53 Å². The first kappa shape index (κ1) is 14.8. The highest BCUT2D eigenvalue weighted by atomic mass is 79.9. The van der Waals surface area contributed by atoms with Crippen LogP contribution in [0, 0.1) is 6.92 Å². The predicted octanol–water partition coefficient (Wildman–Crippen LogP) is 3.23. The van der Waals surface area contributed by atoms with Crippen molar-refractivity contribution in [2.45, 2.75) is 26.0 Å². The van der Waals surface area contributed by atoms with Gasteiger partial charge in [0.15, 0.2) is 0 Å². The van der Waals surface area contributed by atoms with E-state index in [0.717, 1.165) is 10.0 Å². The summed E-state index contributed by atoms with van der Waals surface area (Å²) in [6.07, 6.45) is -0.0740. The number of carbonyl (C=O) groups excluding carboxylic acids is 1. The molecule has 1 aromatic rings. The van der Waals surface area contributed by atoms with E-state index in [9.17, 15) is 4.79 Å². The first-order chi connectivity index (χ1) is 9.01. The number of hydrogen-bond acceptors (Lipinski definition) is 2. The molecule has 104 valence electrons. The molecule has 3 nitrogen and oxygen atoms in total. The Hall–Kier alpha value is -0.580. The Labute approximate surface area is 127 Å². The van der Waals surface area contributed by atoms with Crippen LogP contribution in [-0.2, 0) is 4.74 Å². The van der Waals surface area contributed by atoms with Crippen molar-refractivity contribution in [2.24, 2.45) is 0 Å². The molecule has 0 spiro atoms. The first-order valence-corrected chi connectivity index (χ1v) is 7.59. The molecule has 0 aromatic heterocycles. The number of amides is 1. The third kappa shape index (κ3) is 3.50. The number of aryl methyl sites for hydroxylation is 1. The average molecular weight is 347 g/mol. The minimum atomic E-state index is -0.0740. The van der Waals surface area contributed by atoms with Crippen molar-refractivity contribution in [2.75, 3.05) is 19.0 Å². The Kier molecular flexibility index (Phi) is 4.87. The van der Waals surface area contributed by atoms with Crippen molar-refractivity contribution in [3.8, 4) is 0 Å². The molecule has 0 saturated carbocycles. The molecule has 1 fully saturated rings. The molecule has 2 atom stereocenters. The summed E-state index contributed by atoms with van der Waals surface area (Å²) in [7, 11) is 0. The molecular formula is C14H17BrClNO2. The number of benzene rings is 1. The number of morpholine rings is 1. The van der Waals surface area contributed by atoms with Gasteiger partial charge in [-0.05, 0) is 37.6 Å². The van der Waals surface area contributed by atoms with Gasteiger partial charge in [-0.3, -0.25) is 4.79 Å². The highest BCUT2D eigenvalue weighted by Gasteiger charge is 2.29. The fourth-order valence-corrected chi connectivity index (χ4v) is 3.01. The zero-order valence-corrected chi connectivity index (χ0v) is 13.4. The smallest absolute Gasteiger partial charge is 0.254 e. The van der Waals surface area contributed by atoms with Gasteiger partial charge in [0.05, 0.1) is 24.6 Å². The number of alkyl halides is 1. The molecule has 1 amide bonds. The maximum absolute atomic E-state index is 12.6. The number of rotatable bonds is 2. The molecule has 5 heteroatoms. The summed E-state index contributed by atoms with van der Waals surface area (Å²) in [5, 5.41) is 0. The van der Waals surface area contributed by atoms with Crippen molar-refractivity contribution in [1.82, 2.24) is 4.90 Å². The maximum Gasteiger partial charge on any atom is 0.254 e. The van der Waals surface area contributed by atoms with E-state index < -0.39 is 0 Å². The van der Waals surface area contributed by atoms with Crippen LogP contribution in [0.1, 0.15) is 22.8 Å². The van der Waals surface area contributed by atoms with Crippen molar-refractivity contribution >= 4 is 33.4 Å². The average Bonchev–Trinajstić information content (AvgIpc) is 2.37. The molecule has 1 aromatic carbocycles. The van der Waals surface area contributed by atoms with E-state index in [2.05, 4.69) is 15.9 Å². The molecule has 0 N–H and O–H groups in total. The summed E-state index contributed by atoms with van der Waals surface area (Å²) >= 11 is 9.25. The van der Waals surface area contributed by atoms with Gasteiger partial charge in [0, 0.05) is 16.6 Å². The number of carbonyl (C=O) groups is 1. The summed E-state index contributed by atoms with van der Waals surface area (Å²) in [4.78, 5) is 14.4. The van der Waals surface area contributed by atoms with Crippen LogP contribution in [0.4, 0.5) is 0 Å². The fourth-order valence-electron chi connectivity index (χ4n) is 2.22. The monoisotopic (exact) mass is 345 g/mol. The zero-order chi connectivity index (χ0) is 14.0. The van der Waals surface area contributed by atoms with Gasteiger partial charge in [0.2, 0.25) is 0 Å². The van der Waals surface area contributed by atoms with Crippen LogP contribution in [0.25, 0.3) is 0 Å². The standard InChI is InChI=1S/C14H17BrClNO2/c1-9-3-11(5-12(15)4-9)14(18)17-7-13(6-16)19-8-10(17)2/h3-5,10,13H,6-8H2,1-2H3. The van der Waals surface area contributed by atoms with Gasteiger partial charge in [0.25, 0.3) is 5.91 Å². The molecule has 1 heterocycles. The third-order valence-corrected chi connectivity index (χ3v) is 4.03. The van der Waals surface area contributed by atoms with Gasteiger partial charge in [-0.1, -0.05) is 15.9 Å². The maximum atomic E-state index is 12.6. The molecule has 0 radical (unpaired) electrons. The van der Waals surface area contributed by atoms with E-state index in [1.807, 2.05) is 36.9 Å². The van der Waals surface area contributed by atoms with E-state index in [-0.39, 0.29) is 18.1 Å². The Bertz CT molecular complexity index is 460. The molecule has 1 aliphatic rings. The van der Waals surface area contributed by atoms with Crippen LogP contribution in [0.2, 0.25) is 0 Å². The van der Waals surface area contributed by atoms with Crippen LogP contribution in [0.5, 0.6) is 0 Å². The number of nitrogens with zero attached hydrogens (tertiary/aromatic N) is 1. The molecular weight excluding hydrogens is 330 g/mol. The summed E-state index contributed by atoms with van der Waals surface area (Å²) in [6, 6.07) is 5.82. The highest BCUT2D eigenvalue weighted by molar-refractivity contribution is 9.10. The fraction of sp³-hybridized carbons (Fsp3) is 0.500. The van der Waals surface area contributed by atoms with Gasteiger partial charge < -0.3 is 9.64 Å². The highest BCUT2D eigenvalue weighted by Crippen LogP contribution is 2.20. The Morgan fingerprint density at radius 3 is 2.89 bits per heavy atom. The molecule has 2 unspecified atom stereocenters. The number of ether oxygens (including phenoxy) is 1. The first-order valence-electron chi connectivity index (χ1n) is 6.27. The van der Waals surface area contributed by atoms with Crippen LogP contribution < -0.4 is 0 Å². The van der Waals surface area contributed by atoms with Crippen LogP contribution in [0.15, 0.2) is 22.7 Å². The van der Waals surface area contributed by atoms with Crippen molar-refractivity contribution in [3.63, 3.8) is 0 Å². The second-order valence-electron chi connectivity index (χ2n) is 4.93. The molecule has 0 bridgehead atoms. The second-order valence-corrected chi connectivity index (χ2v) is 6.16. The number of hydrogen-bond donors (Lipinski definition) is 0. The predicted molar refractivity (Wildman–Crippen MR) is 79.8 cm³/mol. The van der Waals surface area contributed by atoms with Crippen LogP contribution in [-0.4, -0.2) is 42.0 Å². The quantitative estimate of drug-likeness (QED) is 0.770. The largest absolute Gasteiger partial charge is 0.373 e. The zero-order valence-electron chi connectivity index (χ0n) is 11.0. The molecule has 19 heavy (non-hydrogen) atoms. The summed E-state index contributed by atoms with van der Waals surface area (Å²) in [5.74, 6) is 0.448. The summed E-state index contributed by atoms with van der Waals surface area (Å²) < 4.78 is 6.49. The molecule has 1 saturated heterocycles. The minimum Gasteiger partial charge on any atom is -0.373 e. The Morgan fingerprint density at radius 2 is 2.26 bits per heavy atom. The van der Waals surface area contributed by atoms with Gasteiger partial charge in [-0.25, -0.2) is 0 Å². The second kappa shape index (κ2) is 6.25. The summed E-state index contributed by atoms with van der Waals surface area (Å²) in [6.45, 7) is 5.06. The van der Waals surface area contributed by atoms with Crippen molar-refractivity contribution in [1.29, 1.82) is 0 Å².